The van der Waals surface area contributed by atoms with Crippen LogP contribution in [0.15, 0.2) is 53.4 Å². The van der Waals surface area contributed by atoms with E-state index in [1.54, 1.807) is 0 Å². The van der Waals surface area contributed by atoms with Gasteiger partial charge in [-0.25, -0.2) is 17.2 Å². The molecule has 1 saturated heterocycles. The molecule has 0 radical (unpaired) electrons. The first-order chi connectivity index (χ1) is 10.5. The van der Waals surface area contributed by atoms with Crippen molar-refractivity contribution in [2.75, 3.05) is 13.1 Å². The average molecular weight is 323 g/mol. The minimum atomic E-state index is -4.16. The van der Waals surface area contributed by atoms with E-state index in [0.29, 0.717) is 6.42 Å². The third-order valence-corrected chi connectivity index (χ3v) is 5.86. The Bertz CT molecular complexity index is 758. The number of rotatable bonds is 3. The van der Waals surface area contributed by atoms with Crippen LogP contribution < -0.4 is 0 Å². The van der Waals surface area contributed by atoms with Crippen LogP contribution in [0.2, 0.25) is 0 Å². The molecular formula is C16H15F2NO2S. The lowest BCUT2D eigenvalue weighted by Crippen LogP contribution is -2.30. The Morgan fingerprint density at radius 1 is 0.955 bits per heavy atom. The number of sulfonamides is 1. The summed E-state index contributed by atoms with van der Waals surface area (Å²) >= 11 is 0. The Balaban J connectivity index is 1.89. The zero-order chi connectivity index (χ0) is 15.7. The van der Waals surface area contributed by atoms with Crippen LogP contribution in [0.4, 0.5) is 8.78 Å². The van der Waals surface area contributed by atoms with Crippen molar-refractivity contribution >= 4 is 10.0 Å². The normalized spacial score (nSPS) is 19.5. The molecule has 1 unspecified atom stereocenters. The first kappa shape index (κ1) is 15.1. The molecule has 116 valence electrons. The highest BCUT2D eigenvalue weighted by Crippen LogP contribution is 2.32. The molecule has 0 saturated carbocycles. The van der Waals surface area contributed by atoms with Crippen molar-refractivity contribution in [3.8, 4) is 0 Å². The standard InChI is InChI=1S/C16H15F2NO2S/c17-14-7-4-8-15(18)16(14)22(20,21)19-10-9-13(11-19)12-5-2-1-3-6-12/h1-8,13H,9-11H2. The maximum atomic E-state index is 13.8. The molecule has 1 aliphatic rings. The summed E-state index contributed by atoms with van der Waals surface area (Å²) in [5, 5.41) is 0. The Hall–Kier alpha value is -1.79. The van der Waals surface area contributed by atoms with Gasteiger partial charge in [-0.15, -0.1) is 0 Å². The van der Waals surface area contributed by atoms with Crippen molar-refractivity contribution in [1.29, 1.82) is 0 Å². The van der Waals surface area contributed by atoms with Crippen LogP contribution in [0, 0.1) is 11.6 Å². The van der Waals surface area contributed by atoms with E-state index in [2.05, 4.69) is 0 Å². The second-order valence-electron chi connectivity index (χ2n) is 5.31. The Morgan fingerprint density at radius 3 is 2.23 bits per heavy atom. The highest BCUT2D eigenvalue weighted by molar-refractivity contribution is 7.89. The van der Waals surface area contributed by atoms with E-state index in [1.807, 2.05) is 30.3 Å². The third kappa shape index (κ3) is 2.64. The van der Waals surface area contributed by atoms with Gasteiger partial charge < -0.3 is 0 Å². The van der Waals surface area contributed by atoms with Gasteiger partial charge in [0, 0.05) is 13.1 Å². The molecule has 2 aromatic rings. The highest BCUT2D eigenvalue weighted by atomic mass is 32.2. The Kier molecular flexibility index (Phi) is 3.97. The predicted molar refractivity (Wildman–Crippen MR) is 78.9 cm³/mol. The minimum Gasteiger partial charge on any atom is -0.207 e. The second-order valence-corrected chi connectivity index (χ2v) is 7.18. The SMILES string of the molecule is O=S(=O)(c1c(F)cccc1F)N1CCC(c2ccccc2)C1. The van der Waals surface area contributed by atoms with Crippen molar-refractivity contribution in [1.82, 2.24) is 4.31 Å². The summed E-state index contributed by atoms with van der Waals surface area (Å²) in [6, 6.07) is 12.6. The summed E-state index contributed by atoms with van der Waals surface area (Å²) in [5.74, 6) is -2.06. The van der Waals surface area contributed by atoms with Crippen LogP contribution in [-0.4, -0.2) is 25.8 Å². The second kappa shape index (κ2) is 5.78. The minimum absolute atomic E-state index is 0.0470. The van der Waals surface area contributed by atoms with Gasteiger partial charge in [0.1, 0.15) is 11.6 Å². The molecule has 2 aromatic carbocycles. The maximum absolute atomic E-state index is 13.8. The van der Waals surface area contributed by atoms with E-state index < -0.39 is 26.6 Å². The molecule has 22 heavy (non-hydrogen) atoms. The van der Waals surface area contributed by atoms with Crippen molar-refractivity contribution in [2.45, 2.75) is 17.2 Å². The first-order valence-electron chi connectivity index (χ1n) is 6.99. The van der Waals surface area contributed by atoms with Gasteiger partial charge in [-0.1, -0.05) is 36.4 Å². The smallest absolute Gasteiger partial charge is 0.207 e. The van der Waals surface area contributed by atoms with Gasteiger partial charge in [0.15, 0.2) is 4.90 Å². The summed E-state index contributed by atoms with van der Waals surface area (Å²) < 4.78 is 53.7. The van der Waals surface area contributed by atoms with E-state index in [-0.39, 0.29) is 19.0 Å². The van der Waals surface area contributed by atoms with Crippen LogP contribution >= 0.6 is 0 Å². The molecule has 0 aliphatic carbocycles. The van der Waals surface area contributed by atoms with E-state index in [9.17, 15) is 17.2 Å². The molecule has 3 nitrogen and oxygen atoms in total. The topological polar surface area (TPSA) is 37.4 Å². The molecule has 1 atom stereocenters. The fraction of sp³-hybridized carbons (Fsp3) is 0.250. The molecule has 0 N–H and O–H groups in total. The zero-order valence-electron chi connectivity index (χ0n) is 11.7. The first-order valence-corrected chi connectivity index (χ1v) is 8.43. The summed E-state index contributed by atoms with van der Waals surface area (Å²) in [5.41, 5.74) is 1.04. The lowest BCUT2D eigenvalue weighted by molar-refractivity contribution is 0.452. The van der Waals surface area contributed by atoms with E-state index in [0.717, 1.165) is 28.1 Å². The van der Waals surface area contributed by atoms with Crippen LogP contribution in [-0.2, 0) is 10.0 Å². The fourth-order valence-corrected chi connectivity index (χ4v) is 4.41. The summed E-state index contributed by atoms with van der Waals surface area (Å²) in [7, 11) is -4.16. The number of hydrogen-bond acceptors (Lipinski definition) is 2. The van der Waals surface area contributed by atoms with Gasteiger partial charge in [0.05, 0.1) is 0 Å². The van der Waals surface area contributed by atoms with E-state index >= 15 is 0 Å². The lowest BCUT2D eigenvalue weighted by Gasteiger charge is -2.17. The van der Waals surface area contributed by atoms with Crippen LogP contribution in [0.25, 0.3) is 0 Å². The van der Waals surface area contributed by atoms with Gasteiger partial charge in [0.25, 0.3) is 0 Å². The zero-order valence-corrected chi connectivity index (χ0v) is 12.6. The van der Waals surface area contributed by atoms with E-state index in [4.69, 9.17) is 0 Å². The van der Waals surface area contributed by atoms with Crippen LogP contribution in [0.3, 0.4) is 0 Å². The van der Waals surface area contributed by atoms with Crippen molar-refractivity contribution in [3.05, 3.63) is 65.7 Å². The quantitative estimate of drug-likeness (QED) is 0.870. The van der Waals surface area contributed by atoms with Gasteiger partial charge in [-0.2, -0.15) is 4.31 Å². The number of halogens is 2. The number of hydrogen-bond donors (Lipinski definition) is 0. The Labute approximate surface area is 128 Å². The fourth-order valence-electron chi connectivity index (χ4n) is 2.80. The van der Waals surface area contributed by atoms with Crippen LogP contribution in [0.5, 0.6) is 0 Å². The van der Waals surface area contributed by atoms with Crippen LogP contribution in [0.1, 0.15) is 17.9 Å². The van der Waals surface area contributed by atoms with Gasteiger partial charge >= 0.3 is 0 Å². The third-order valence-electron chi connectivity index (χ3n) is 3.94. The lowest BCUT2D eigenvalue weighted by atomic mass is 9.99. The molecular weight excluding hydrogens is 308 g/mol. The average Bonchev–Trinajstić information content (AvgIpc) is 2.98. The number of benzene rings is 2. The van der Waals surface area contributed by atoms with Gasteiger partial charge in [-0.05, 0) is 30.0 Å². The Morgan fingerprint density at radius 2 is 1.59 bits per heavy atom. The molecule has 1 aliphatic heterocycles. The van der Waals surface area contributed by atoms with Crippen molar-refractivity contribution in [3.63, 3.8) is 0 Å². The molecule has 0 amide bonds. The molecule has 6 heteroatoms. The molecule has 0 bridgehead atoms. The molecule has 1 fully saturated rings. The molecule has 0 spiro atoms. The molecule has 0 aromatic heterocycles. The van der Waals surface area contributed by atoms with Crippen molar-refractivity contribution in [2.24, 2.45) is 0 Å². The maximum Gasteiger partial charge on any atom is 0.248 e. The summed E-state index contributed by atoms with van der Waals surface area (Å²) in [4.78, 5) is -0.858. The van der Waals surface area contributed by atoms with Crippen molar-refractivity contribution < 1.29 is 17.2 Å². The number of nitrogens with zero attached hydrogens (tertiary/aromatic N) is 1. The van der Waals surface area contributed by atoms with E-state index in [1.165, 1.54) is 0 Å². The summed E-state index contributed by atoms with van der Waals surface area (Å²) in [6.07, 6.45) is 0.638. The summed E-state index contributed by atoms with van der Waals surface area (Å²) in [6.45, 7) is 0.496. The van der Waals surface area contributed by atoms with Gasteiger partial charge in [0.2, 0.25) is 10.0 Å². The van der Waals surface area contributed by atoms with Gasteiger partial charge in [-0.3, -0.25) is 0 Å². The predicted octanol–water partition coefficient (Wildman–Crippen LogP) is 3.14. The largest absolute Gasteiger partial charge is 0.248 e. The molecule has 1 heterocycles. The highest BCUT2D eigenvalue weighted by Gasteiger charge is 2.36. The monoisotopic (exact) mass is 323 g/mol. The molecule has 3 rings (SSSR count).